The van der Waals surface area contributed by atoms with E-state index in [0.29, 0.717) is 17.8 Å². The Hall–Kier alpha value is -4.25. The van der Waals surface area contributed by atoms with Crippen molar-refractivity contribution >= 4 is 22.5 Å². The predicted molar refractivity (Wildman–Crippen MR) is 104 cm³/mol. The van der Waals surface area contributed by atoms with Gasteiger partial charge in [-0.25, -0.2) is 14.5 Å². The number of nitrogens with zero attached hydrogens (tertiary/aromatic N) is 6. The molecule has 5 aromatic heterocycles. The minimum Gasteiger partial charge on any atom is -0.366 e. The first-order valence-electron chi connectivity index (χ1n) is 8.66. The highest BCUT2D eigenvalue weighted by molar-refractivity contribution is 5.94. The fraction of sp³-hybridized carbons (Fsp3) is 0.0500. The van der Waals surface area contributed by atoms with Crippen LogP contribution in [0, 0.1) is 11.3 Å². The van der Waals surface area contributed by atoms with Gasteiger partial charge in [-0.15, -0.1) is 0 Å². The van der Waals surface area contributed by atoms with E-state index in [4.69, 9.17) is 5.26 Å². The van der Waals surface area contributed by atoms with Crippen molar-refractivity contribution in [3.8, 4) is 17.2 Å². The van der Waals surface area contributed by atoms with Gasteiger partial charge in [-0.05, 0) is 29.3 Å². The second-order valence-electron chi connectivity index (χ2n) is 6.29. The summed E-state index contributed by atoms with van der Waals surface area (Å²) in [6, 6.07) is 9.99. The second kappa shape index (κ2) is 6.48. The van der Waals surface area contributed by atoms with E-state index in [1.54, 1.807) is 16.9 Å². The molecule has 0 saturated carbocycles. The molecule has 5 aromatic rings. The van der Waals surface area contributed by atoms with Crippen molar-refractivity contribution < 1.29 is 0 Å². The molecule has 8 heteroatoms. The molecule has 5 heterocycles. The van der Waals surface area contributed by atoms with Crippen LogP contribution < -0.4 is 5.32 Å². The first-order chi connectivity index (χ1) is 13.8. The number of hydrogen-bond acceptors (Lipinski definition) is 6. The molecule has 0 atom stereocenters. The molecule has 28 heavy (non-hydrogen) atoms. The predicted octanol–water partition coefficient (Wildman–Crippen LogP) is 3.15. The quantitative estimate of drug-likeness (QED) is 0.506. The normalized spacial score (nSPS) is 11.0. The van der Waals surface area contributed by atoms with Crippen molar-refractivity contribution in [2.45, 2.75) is 6.54 Å². The minimum atomic E-state index is 0.451. The Kier molecular flexibility index (Phi) is 3.69. The van der Waals surface area contributed by atoms with Gasteiger partial charge in [-0.3, -0.25) is 4.98 Å². The second-order valence-corrected chi connectivity index (χ2v) is 6.29. The molecular weight excluding hydrogens is 352 g/mol. The Morgan fingerprint density at radius 2 is 2.18 bits per heavy atom. The Balaban J connectivity index is 1.56. The van der Waals surface area contributed by atoms with E-state index < -0.39 is 0 Å². The maximum atomic E-state index is 9.15. The lowest BCUT2D eigenvalue weighted by molar-refractivity contribution is 0.941. The number of pyridine rings is 2. The Bertz CT molecular complexity index is 1330. The molecule has 0 bridgehead atoms. The lowest BCUT2D eigenvalue weighted by Crippen LogP contribution is -2.02. The summed E-state index contributed by atoms with van der Waals surface area (Å²) in [6.07, 6.45) is 10.6. The molecule has 0 aliphatic heterocycles. The fourth-order valence-corrected chi connectivity index (χ4v) is 3.16. The number of nitrogens with one attached hydrogen (secondary N) is 2. The van der Waals surface area contributed by atoms with Gasteiger partial charge in [0.05, 0.1) is 6.20 Å². The maximum absolute atomic E-state index is 9.15. The topological polar surface area (TPSA) is 108 Å². The zero-order valence-corrected chi connectivity index (χ0v) is 14.7. The number of anilines is 1. The summed E-state index contributed by atoms with van der Waals surface area (Å²) in [5.74, 6) is 0.743. The van der Waals surface area contributed by atoms with E-state index in [-0.39, 0.29) is 0 Å². The highest BCUT2D eigenvalue weighted by Crippen LogP contribution is 2.30. The summed E-state index contributed by atoms with van der Waals surface area (Å²) in [7, 11) is 0. The van der Waals surface area contributed by atoms with Gasteiger partial charge >= 0.3 is 0 Å². The molecule has 0 amide bonds. The maximum Gasteiger partial charge on any atom is 0.172 e. The first-order valence-corrected chi connectivity index (χ1v) is 8.66. The average molecular weight is 366 g/mol. The lowest BCUT2D eigenvalue weighted by Gasteiger charge is -2.10. The molecule has 0 aliphatic rings. The number of nitriles is 1. The molecule has 0 radical (unpaired) electrons. The van der Waals surface area contributed by atoms with Crippen LogP contribution in [0.3, 0.4) is 0 Å². The van der Waals surface area contributed by atoms with Gasteiger partial charge in [0.25, 0.3) is 0 Å². The number of rotatable bonds is 4. The van der Waals surface area contributed by atoms with Crippen molar-refractivity contribution in [1.29, 1.82) is 5.26 Å². The summed E-state index contributed by atoms with van der Waals surface area (Å²) in [4.78, 5) is 16.4. The van der Waals surface area contributed by atoms with Gasteiger partial charge in [0.15, 0.2) is 5.65 Å². The monoisotopic (exact) mass is 366 g/mol. The van der Waals surface area contributed by atoms with Gasteiger partial charge in [0.2, 0.25) is 0 Å². The smallest absolute Gasteiger partial charge is 0.172 e. The van der Waals surface area contributed by atoms with E-state index in [1.165, 1.54) is 6.20 Å². The van der Waals surface area contributed by atoms with Crippen molar-refractivity contribution in [2.24, 2.45) is 0 Å². The molecule has 2 N–H and O–H groups in total. The van der Waals surface area contributed by atoms with Crippen molar-refractivity contribution in [3.63, 3.8) is 0 Å². The van der Waals surface area contributed by atoms with Crippen LogP contribution in [0.5, 0.6) is 0 Å². The van der Waals surface area contributed by atoms with Crippen LogP contribution in [0.2, 0.25) is 0 Å². The number of fused-ring (bicyclic) bond motifs is 2. The van der Waals surface area contributed by atoms with Gasteiger partial charge in [0.1, 0.15) is 23.1 Å². The van der Waals surface area contributed by atoms with Crippen molar-refractivity contribution in [3.05, 3.63) is 72.6 Å². The molecule has 0 aliphatic carbocycles. The third kappa shape index (κ3) is 2.71. The van der Waals surface area contributed by atoms with Gasteiger partial charge in [-0.1, -0.05) is 6.07 Å². The average Bonchev–Trinajstić information content (AvgIpc) is 3.38. The van der Waals surface area contributed by atoms with E-state index in [0.717, 1.165) is 33.5 Å². The van der Waals surface area contributed by atoms with E-state index in [9.17, 15) is 0 Å². The van der Waals surface area contributed by atoms with E-state index >= 15 is 0 Å². The van der Waals surface area contributed by atoms with Crippen molar-refractivity contribution in [2.75, 3.05) is 5.32 Å². The largest absolute Gasteiger partial charge is 0.366 e. The highest BCUT2D eigenvalue weighted by atomic mass is 15.2. The summed E-state index contributed by atoms with van der Waals surface area (Å²) in [6.45, 7) is 0.620. The van der Waals surface area contributed by atoms with Crippen LogP contribution in [-0.4, -0.2) is 29.5 Å². The summed E-state index contributed by atoms with van der Waals surface area (Å²) < 4.78 is 1.62. The van der Waals surface area contributed by atoms with Crippen LogP contribution >= 0.6 is 0 Å². The molecule has 0 saturated heterocycles. The molecule has 5 rings (SSSR count). The van der Waals surface area contributed by atoms with Crippen LogP contribution in [-0.2, 0) is 6.54 Å². The number of aromatic nitrogens is 6. The molecular formula is C20H14N8. The SMILES string of the molecule is N#Cc1cnn2cc(-c3cc(NCc4cccnc4)nc4[nH]ccc34)cnc12. The first kappa shape index (κ1) is 16.0. The van der Waals surface area contributed by atoms with Gasteiger partial charge < -0.3 is 10.3 Å². The summed E-state index contributed by atoms with van der Waals surface area (Å²) in [5.41, 5.74) is 4.71. The molecule has 8 nitrogen and oxygen atoms in total. The Morgan fingerprint density at radius 1 is 1.21 bits per heavy atom. The molecule has 134 valence electrons. The lowest BCUT2D eigenvalue weighted by atomic mass is 10.1. The summed E-state index contributed by atoms with van der Waals surface area (Å²) >= 11 is 0. The Morgan fingerprint density at radius 3 is 3.04 bits per heavy atom. The Labute approximate surface area is 159 Å². The highest BCUT2D eigenvalue weighted by Gasteiger charge is 2.12. The fourth-order valence-electron chi connectivity index (χ4n) is 3.16. The molecule has 0 unspecified atom stereocenters. The third-order valence-electron chi connectivity index (χ3n) is 4.51. The molecule has 0 aromatic carbocycles. The van der Waals surface area contributed by atoms with E-state index in [2.05, 4.69) is 36.4 Å². The van der Waals surface area contributed by atoms with Crippen LogP contribution in [0.25, 0.3) is 27.8 Å². The van der Waals surface area contributed by atoms with Gasteiger partial charge in [0, 0.05) is 48.5 Å². The number of H-pyrrole nitrogens is 1. The molecule has 0 spiro atoms. The third-order valence-corrected chi connectivity index (χ3v) is 4.51. The minimum absolute atomic E-state index is 0.451. The number of hydrogen-bond donors (Lipinski definition) is 2. The zero-order valence-electron chi connectivity index (χ0n) is 14.7. The van der Waals surface area contributed by atoms with Crippen LogP contribution in [0.1, 0.15) is 11.1 Å². The van der Waals surface area contributed by atoms with Crippen molar-refractivity contribution in [1.82, 2.24) is 29.5 Å². The standard InChI is InChI=1S/C20H14N8/c21-7-14-11-26-28-12-15(10-25-20(14)28)17-6-18(27-19-16(17)3-5-23-19)24-9-13-2-1-4-22-8-13/h1-6,8,10-12H,9H2,(H2,23,24,27). The van der Waals surface area contributed by atoms with E-state index in [1.807, 2.05) is 42.9 Å². The van der Waals surface area contributed by atoms with Crippen LogP contribution in [0.15, 0.2) is 61.4 Å². The zero-order chi connectivity index (χ0) is 18.9. The number of aromatic amines is 1. The van der Waals surface area contributed by atoms with Gasteiger partial charge in [-0.2, -0.15) is 10.4 Å². The van der Waals surface area contributed by atoms with Crippen LogP contribution in [0.4, 0.5) is 5.82 Å². The molecule has 0 fully saturated rings. The summed E-state index contributed by atoms with van der Waals surface area (Å²) in [5, 5.41) is 17.7.